The summed E-state index contributed by atoms with van der Waals surface area (Å²) >= 11 is 0. The molecule has 6 aromatic rings. The van der Waals surface area contributed by atoms with Crippen molar-refractivity contribution in [2.75, 3.05) is 43.5 Å². The predicted octanol–water partition coefficient (Wildman–Crippen LogP) is 7.21. The molecule has 0 spiro atoms. The molecule has 2 unspecified atom stereocenters. The standard InChI is InChI=1S/C50H64N12O6/c1-7-15-37-28-58(20-21-66-37)36-29-67-42-23-31(4)22-38-44(42)59(49(52-38)54-47(64)40-24-32(5)56-61(40)8-2)18-13-14-19-60-45-39(53-50(60)55-48(65)41-25-33(6)57-62(41)9-3)26-34(27-43(45)68-30-36)46(63)51-35-16-11-10-12-17-35/h13-14,22-27,35-37H,7-12,15-21,28-30H2,1-6H3,(H,51,63)(H,52,54,64)(H,53,55,65)/b14-13+. The minimum Gasteiger partial charge on any atom is -0.490 e. The van der Waals surface area contributed by atoms with Gasteiger partial charge >= 0.3 is 0 Å². The van der Waals surface area contributed by atoms with E-state index >= 15 is 0 Å². The molecule has 2 atom stereocenters. The lowest BCUT2D eigenvalue weighted by Gasteiger charge is -2.38. The maximum atomic E-state index is 14.1. The number of allylic oxidation sites excluding steroid dienone is 2. The van der Waals surface area contributed by atoms with Crippen LogP contribution in [0.2, 0.25) is 0 Å². The lowest BCUT2D eigenvalue weighted by atomic mass is 9.95. The van der Waals surface area contributed by atoms with Crippen LogP contribution in [0, 0.1) is 20.8 Å². The summed E-state index contributed by atoms with van der Waals surface area (Å²) in [5.74, 6) is 0.849. The van der Waals surface area contributed by atoms with Crippen LogP contribution in [0.5, 0.6) is 11.5 Å². The summed E-state index contributed by atoms with van der Waals surface area (Å²) in [5.41, 5.74) is 6.21. The molecule has 2 aliphatic heterocycles. The summed E-state index contributed by atoms with van der Waals surface area (Å²) in [7, 11) is 0. The van der Waals surface area contributed by atoms with Gasteiger partial charge in [0.2, 0.25) is 11.9 Å². The van der Waals surface area contributed by atoms with E-state index in [9.17, 15) is 14.4 Å². The molecule has 18 nitrogen and oxygen atoms in total. The van der Waals surface area contributed by atoms with Crippen molar-refractivity contribution in [1.29, 1.82) is 0 Å². The maximum absolute atomic E-state index is 14.1. The second-order valence-corrected chi connectivity index (χ2v) is 18.3. The number of morpholine rings is 1. The highest BCUT2D eigenvalue weighted by Crippen LogP contribution is 2.35. The highest BCUT2D eigenvalue weighted by molar-refractivity contribution is 6.05. The quantitative estimate of drug-likeness (QED) is 0.111. The minimum absolute atomic E-state index is 0.0569. The molecule has 18 heteroatoms. The van der Waals surface area contributed by atoms with Crippen molar-refractivity contribution in [3.05, 3.63) is 82.5 Å². The Labute approximate surface area is 396 Å². The fourth-order valence-corrected chi connectivity index (χ4v) is 9.84. The van der Waals surface area contributed by atoms with Gasteiger partial charge < -0.3 is 28.7 Å². The van der Waals surface area contributed by atoms with Crippen molar-refractivity contribution < 1.29 is 28.6 Å². The average molecular weight is 929 g/mol. The van der Waals surface area contributed by atoms with Gasteiger partial charge in [0.15, 0.2) is 0 Å². The number of nitrogens with one attached hydrogen (secondary N) is 3. The van der Waals surface area contributed by atoms with Crippen LogP contribution >= 0.6 is 0 Å². The van der Waals surface area contributed by atoms with Gasteiger partial charge in [0.05, 0.1) is 41.2 Å². The number of ether oxygens (including phenoxy) is 3. The second-order valence-electron chi connectivity index (χ2n) is 18.3. The monoisotopic (exact) mass is 929 g/mol. The van der Waals surface area contributed by atoms with E-state index in [1.54, 1.807) is 33.6 Å². The van der Waals surface area contributed by atoms with Gasteiger partial charge in [-0.2, -0.15) is 10.2 Å². The van der Waals surface area contributed by atoms with Crippen molar-refractivity contribution in [1.82, 2.24) is 48.9 Å². The number of hydrogen-bond donors (Lipinski definition) is 3. The van der Waals surface area contributed by atoms with Crippen LogP contribution in [0.3, 0.4) is 0 Å². The van der Waals surface area contributed by atoms with Crippen LogP contribution in [0.1, 0.15) is 114 Å². The third kappa shape index (κ3) is 9.88. The summed E-state index contributed by atoms with van der Waals surface area (Å²) in [5, 5.41) is 18.5. The van der Waals surface area contributed by atoms with Crippen molar-refractivity contribution >= 4 is 51.7 Å². The van der Waals surface area contributed by atoms with E-state index < -0.39 is 0 Å². The molecule has 6 heterocycles. The van der Waals surface area contributed by atoms with Crippen LogP contribution in [-0.2, 0) is 30.9 Å². The number of aromatic nitrogens is 8. The number of aryl methyl sites for hydroxylation is 5. The first-order valence-corrected chi connectivity index (χ1v) is 24.3. The Morgan fingerprint density at radius 3 is 1.85 bits per heavy atom. The molecule has 9 rings (SSSR count). The van der Waals surface area contributed by atoms with Crippen molar-refractivity contribution in [2.45, 2.75) is 131 Å². The van der Waals surface area contributed by atoms with Gasteiger partial charge in [0.1, 0.15) is 47.1 Å². The predicted molar refractivity (Wildman–Crippen MR) is 260 cm³/mol. The Bertz CT molecular complexity index is 2840. The van der Waals surface area contributed by atoms with Crippen LogP contribution in [0.4, 0.5) is 11.9 Å². The molecule has 3 N–H and O–H groups in total. The Morgan fingerprint density at radius 1 is 0.706 bits per heavy atom. The molecule has 0 bridgehead atoms. The zero-order chi connectivity index (χ0) is 47.5. The Hall–Kier alpha value is -6.53. The molecule has 3 amide bonds. The van der Waals surface area contributed by atoms with E-state index in [1.165, 1.54) is 6.42 Å². The van der Waals surface area contributed by atoms with E-state index in [1.807, 2.05) is 68.0 Å². The molecular weight excluding hydrogens is 865 g/mol. The molecule has 1 saturated carbocycles. The van der Waals surface area contributed by atoms with E-state index in [0.29, 0.717) is 90.3 Å². The summed E-state index contributed by atoms with van der Waals surface area (Å²) in [6, 6.07) is 11.0. The van der Waals surface area contributed by atoms with E-state index in [-0.39, 0.29) is 61.6 Å². The van der Waals surface area contributed by atoms with E-state index in [4.69, 9.17) is 24.2 Å². The van der Waals surface area contributed by atoms with Gasteiger partial charge in [-0.15, -0.1) is 0 Å². The van der Waals surface area contributed by atoms with Crippen LogP contribution in [-0.4, -0.2) is 112 Å². The van der Waals surface area contributed by atoms with E-state index in [0.717, 1.165) is 61.0 Å². The van der Waals surface area contributed by atoms with Gasteiger partial charge in [-0.1, -0.05) is 44.8 Å². The third-order valence-electron chi connectivity index (χ3n) is 13.2. The fourth-order valence-electron chi connectivity index (χ4n) is 9.84. The molecule has 1 saturated heterocycles. The molecule has 4 aromatic heterocycles. The summed E-state index contributed by atoms with van der Waals surface area (Å²) in [4.78, 5) is 54.6. The normalized spacial score (nSPS) is 18.9. The number of carbonyl (C=O) groups excluding carboxylic acids is 3. The number of nitrogens with zero attached hydrogens (tertiary/aromatic N) is 9. The lowest BCUT2D eigenvalue weighted by molar-refractivity contribution is -0.0583. The van der Waals surface area contributed by atoms with Crippen molar-refractivity contribution in [3.8, 4) is 11.5 Å². The summed E-state index contributed by atoms with van der Waals surface area (Å²) < 4.78 is 27.3. The molecule has 360 valence electrons. The number of hydrogen-bond acceptors (Lipinski definition) is 11. The van der Waals surface area contributed by atoms with Crippen molar-refractivity contribution in [3.63, 3.8) is 0 Å². The molecule has 2 fully saturated rings. The Balaban J connectivity index is 1.16. The topological polar surface area (TPSA) is 190 Å². The zero-order valence-corrected chi connectivity index (χ0v) is 40.1. The summed E-state index contributed by atoms with van der Waals surface area (Å²) in [6.45, 7) is 15.8. The lowest BCUT2D eigenvalue weighted by Crippen LogP contribution is -2.52. The fraction of sp³-hybridized carbons (Fsp3) is 0.500. The number of rotatable bonds is 11. The number of anilines is 2. The number of amides is 3. The highest BCUT2D eigenvalue weighted by Gasteiger charge is 2.30. The van der Waals surface area contributed by atoms with E-state index in [2.05, 4.69) is 38.0 Å². The average Bonchev–Trinajstić information content (AvgIpc) is 4.09. The second kappa shape index (κ2) is 20.4. The van der Waals surface area contributed by atoms with Gasteiger partial charge in [-0.05, 0) is 95.8 Å². The number of benzene rings is 2. The van der Waals surface area contributed by atoms with Crippen LogP contribution in [0.25, 0.3) is 22.1 Å². The van der Waals surface area contributed by atoms with Crippen molar-refractivity contribution in [2.24, 2.45) is 0 Å². The Kier molecular flexibility index (Phi) is 14.0. The summed E-state index contributed by atoms with van der Waals surface area (Å²) in [6.07, 6.45) is 11.2. The maximum Gasteiger partial charge on any atom is 0.276 e. The molecule has 3 aliphatic rings. The molecule has 1 aliphatic carbocycles. The van der Waals surface area contributed by atoms with Gasteiger partial charge in [-0.3, -0.25) is 39.3 Å². The SMILES string of the molecule is CCCC1CN(C2COc3cc(C)cc4nc(NC(=O)c5cc(C)nn5CC)n(c34)C/C=C/Cn3c(NC(=O)c4cc(C)nn4CC)nc4cc(C(=O)NC5CCCCC5)cc(c43)OC2)CCO1. The largest absolute Gasteiger partial charge is 0.490 e. The van der Waals surface area contributed by atoms with Gasteiger partial charge in [0.25, 0.3) is 17.7 Å². The first-order chi connectivity index (χ1) is 33.0. The first kappa shape index (κ1) is 46.6. The zero-order valence-electron chi connectivity index (χ0n) is 40.1. The highest BCUT2D eigenvalue weighted by atomic mass is 16.5. The molecule has 68 heavy (non-hydrogen) atoms. The first-order valence-electron chi connectivity index (χ1n) is 24.3. The smallest absolute Gasteiger partial charge is 0.276 e. The number of imidazole rings is 2. The number of carbonyl (C=O) groups is 3. The van der Waals surface area contributed by atoms with Crippen LogP contribution in [0.15, 0.2) is 48.6 Å². The van der Waals surface area contributed by atoms with Gasteiger partial charge in [0, 0.05) is 50.9 Å². The molecule has 2 aromatic carbocycles. The molecule has 0 radical (unpaired) electrons. The van der Waals surface area contributed by atoms with Gasteiger partial charge in [-0.25, -0.2) is 9.97 Å². The molecular formula is C50H64N12O6. The third-order valence-corrected chi connectivity index (χ3v) is 13.2. The Morgan fingerprint density at radius 2 is 1.28 bits per heavy atom. The van der Waals surface area contributed by atoms with Crippen LogP contribution < -0.4 is 25.4 Å². The minimum atomic E-state index is -0.365.